The second kappa shape index (κ2) is 7.64. The Labute approximate surface area is 146 Å². The van der Waals surface area contributed by atoms with Gasteiger partial charge in [-0.2, -0.15) is 0 Å². The van der Waals surface area contributed by atoms with Gasteiger partial charge in [0.05, 0.1) is 5.02 Å². The Morgan fingerprint density at radius 2 is 2.25 bits per heavy atom. The molecule has 0 radical (unpaired) electrons. The Bertz CT molecular complexity index is 706. The summed E-state index contributed by atoms with van der Waals surface area (Å²) in [7, 11) is 0. The number of benzene rings is 1. The zero-order chi connectivity index (χ0) is 16.9. The van der Waals surface area contributed by atoms with Crippen molar-refractivity contribution in [3.63, 3.8) is 0 Å². The Kier molecular flexibility index (Phi) is 5.33. The number of nitrogens with zero attached hydrogens (tertiary/aromatic N) is 2. The fourth-order valence-electron chi connectivity index (χ4n) is 3.00. The smallest absolute Gasteiger partial charge is 0.270 e. The van der Waals surface area contributed by atoms with Crippen LogP contribution in [0.2, 0.25) is 5.02 Å². The van der Waals surface area contributed by atoms with Gasteiger partial charge in [0.25, 0.3) is 5.91 Å². The van der Waals surface area contributed by atoms with E-state index in [9.17, 15) is 9.90 Å². The summed E-state index contributed by atoms with van der Waals surface area (Å²) in [5, 5.41) is 13.1. The molecule has 1 unspecified atom stereocenters. The summed E-state index contributed by atoms with van der Waals surface area (Å²) >= 11 is 5.80. The van der Waals surface area contributed by atoms with Crippen LogP contribution in [-0.4, -0.2) is 40.0 Å². The molecule has 1 aromatic carbocycles. The van der Waals surface area contributed by atoms with Gasteiger partial charge in [0.15, 0.2) is 0 Å². The van der Waals surface area contributed by atoms with Gasteiger partial charge in [0.1, 0.15) is 11.4 Å². The highest BCUT2D eigenvalue weighted by molar-refractivity contribution is 6.30. The normalized spacial score (nSPS) is 18.3. The number of aromatic hydroxyl groups is 1. The van der Waals surface area contributed by atoms with Crippen molar-refractivity contribution >= 4 is 17.5 Å². The summed E-state index contributed by atoms with van der Waals surface area (Å²) in [6.07, 6.45) is 3.46. The van der Waals surface area contributed by atoms with Crippen LogP contribution < -0.4 is 5.32 Å². The molecule has 0 saturated carbocycles. The number of halogens is 1. The second-order valence-electron chi connectivity index (χ2n) is 6.08. The van der Waals surface area contributed by atoms with E-state index in [0.717, 1.165) is 38.0 Å². The number of hydrogen-bond donors (Lipinski definition) is 2. The van der Waals surface area contributed by atoms with Crippen LogP contribution in [0.1, 0.15) is 28.9 Å². The lowest BCUT2D eigenvalue weighted by Gasteiger charge is -2.33. The van der Waals surface area contributed by atoms with E-state index in [1.165, 1.54) is 6.20 Å². The van der Waals surface area contributed by atoms with Gasteiger partial charge in [-0.1, -0.05) is 23.7 Å². The number of phenolic OH excluding ortho intramolecular Hbond substituents is 1. The zero-order valence-electron chi connectivity index (χ0n) is 13.3. The van der Waals surface area contributed by atoms with Crippen LogP contribution in [0.5, 0.6) is 5.75 Å². The Balaban J connectivity index is 1.57. The summed E-state index contributed by atoms with van der Waals surface area (Å²) in [6, 6.07) is 10.7. The quantitative estimate of drug-likeness (QED) is 0.894. The van der Waals surface area contributed by atoms with Crippen molar-refractivity contribution in [2.45, 2.75) is 25.4 Å². The molecule has 0 aliphatic carbocycles. The topological polar surface area (TPSA) is 65.5 Å². The fraction of sp³-hybridized carbons (Fsp3) is 0.333. The molecule has 5 nitrogen and oxygen atoms in total. The standard InChI is InChI=1S/C18H20ClN3O2/c19-14-6-7-17(20-10-14)18(24)21-15-4-2-8-22(12-15)11-13-3-1-5-16(23)9-13/h1,3,5-7,9-10,15,23H,2,4,8,11-12H2,(H,21,24). The maximum absolute atomic E-state index is 12.3. The van der Waals surface area contributed by atoms with Gasteiger partial charge in [-0.25, -0.2) is 4.98 Å². The fourth-order valence-corrected chi connectivity index (χ4v) is 3.11. The summed E-state index contributed by atoms with van der Waals surface area (Å²) in [6.45, 7) is 2.54. The molecule has 0 bridgehead atoms. The van der Waals surface area contributed by atoms with E-state index in [4.69, 9.17) is 11.6 Å². The van der Waals surface area contributed by atoms with Crippen LogP contribution in [0.4, 0.5) is 0 Å². The lowest BCUT2D eigenvalue weighted by atomic mass is 10.0. The van der Waals surface area contributed by atoms with E-state index in [1.54, 1.807) is 24.3 Å². The van der Waals surface area contributed by atoms with Crippen LogP contribution in [0.25, 0.3) is 0 Å². The number of rotatable bonds is 4. The molecule has 1 aliphatic rings. The minimum Gasteiger partial charge on any atom is -0.508 e. The number of nitrogens with one attached hydrogen (secondary N) is 1. The minimum atomic E-state index is -0.170. The first-order valence-corrected chi connectivity index (χ1v) is 8.40. The number of phenols is 1. The number of carbonyl (C=O) groups excluding carboxylic acids is 1. The predicted octanol–water partition coefficient (Wildman–Crippen LogP) is 2.84. The minimum absolute atomic E-state index is 0.0982. The number of carbonyl (C=O) groups is 1. The van der Waals surface area contributed by atoms with Gasteiger partial charge < -0.3 is 10.4 Å². The van der Waals surface area contributed by atoms with Crippen molar-refractivity contribution in [1.82, 2.24) is 15.2 Å². The summed E-state index contributed by atoms with van der Waals surface area (Å²) in [5.41, 5.74) is 1.45. The molecule has 6 heteroatoms. The highest BCUT2D eigenvalue weighted by Crippen LogP contribution is 2.17. The Hall–Kier alpha value is -2.11. The summed E-state index contributed by atoms with van der Waals surface area (Å²) in [4.78, 5) is 18.6. The first kappa shape index (κ1) is 16.7. The first-order valence-electron chi connectivity index (χ1n) is 8.03. The van der Waals surface area contributed by atoms with Crippen LogP contribution in [0.3, 0.4) is 0 Å². The Morgan fingerprint density at radius 1 is 1.38 bits per heavy atom. The molecule has 1 aromatic heterocycles. The molecule has 126 valence electrons. The average molecular weight is 346 g/mol. The van der Waals surface area contributed by atoms with Crippen molar-refractivity contribution in [3.8, 4) is 5.75 Å². The number of hydrogen-bond acceptors (Lipinski definition) is 4. The maximum Gasteiger partial charge on any atom is 0.270 e. The van der Waals surface area contributed by atoms with Crippen molar-refractivity contribution in [2.24, 2.45) is 0 Å². The van der Waals surface area contributed by atoms with Crippen LogP contribution in [0, 0.1) is 0 Å². The third-order valence-corrected chi connectivity index (χ3v) is 4.34. The molecule has 1 atom stereocenters. The third-order valence-electron chi connectivity index (χ3n) is 4.12. The number of piperidine rings is 1. The molecule has 24 heavy (non-hydrogen) atoms. The second-order valence-corrected chi connectivity index (χ2v) is 6.52. The highest BCUT2D eigenvalue weighted by Gasteiger charge is 2.22. The van der Waals surface area contributed by atoms with Crippen molar-refractivity contribution in [1.29, 1.82) is 0 Å². The average Bonchev–Trinajstić information content (AvgIpc) is 2.56. The Morgan fingerprint density at radius 3 is 3.00 bits per heavy atom. The van der Waals surface area contributed by atoms with Crippen molar-refractivity contribution in [2.75, 3.05) is 13.1 Å². The molecule has 2 N–H and O–H groups in total. The van der Waals surface area contributed by atoms with E-state index in [-0.39, 0.29) is 17.7 Å². The van der Waals surface area contributed by atoms with E-state index in [2.05, 4.69) is 15.2 Å². The first-order chi connectivity index (χ1) is 11.6. The van der Waals surface area contributed by atoms with Crippen LogP contribution >= 0.6 is 11.6 Å². The molecule has 1 saturated heterocycles. The van der Waals surface area contributed by atoms with Crippen molar-refractivity contribution in [3.05, 3.63) is 58.9 Å². The number of pyridine rings is 1. The molecule has 1 aliphatic heterocycles. The molecule has 2 heterocycles. The molecular weight excluding hydrogens is 326 g/mol. The predicted molar refractivity (Wildman–Crippen MR) is 93.1 cm³/mol. The largest absolute Gasteiger partial charge is 0.508 e. The van der Waals surface area contributed by atoms with Crippen LogP contribution in [0.15, 0.2) is 42.6 Å². The monoisotopic (exact) mass is 345 g/mol. The lowest BCUT2D eigenvalue weighted by Crippen LogP contribution is -2.47. The zero-order valence-corrected chi connectivity index (χ0v) is 14.0. The van der Waals surface area contributed by atoms with Gasteiger partial charge in [0.2, 0.25) is 0 Å². The maximum atomic E-state index is 12.3. The summed E-state index contributed by atoms with van der Waals surface area (Å²) < 4.78 is 0. The third kappa shape index (κ3) is 4.46. The molecule has 1 fully saturated rings. The van der Waals surface area contributed by atoms with E-state index >= 15 is 0 Å². The number of likely N-dealkylation sites (tertiary alicyclic amines) is 1. The molecule has 3 rings (SSSR count). The molecular formula is C18H20ClN3O2. The van der Waals surface area contributed by atoms with E-state index in [0.29, 0.717) is 10.7 Å². The number of amides is 1. The highest BCUT2D eigenvalue weighted by atomic mass is 35.5. The summed E-state index contributed by atoms with van der Waals surface area (Å²) in [5.74, 6) is 0.110. The molecule has 0 spiro atoms. The van der Waals surface area contributed by atoms with Gasteiger partial charge in [-0.05, 0) is 49.2 Å². The van der Waals surface area contributed by atoms with Gasteiger partial charge in [-0.3, -0.25) is 9.69 Å². The van der Waals surface area contributed by atoms with E-state index < -0.39 is 0 Å². The van der Waals surface area contributed by atoms with Gasteiger partial charge in [0, 0.05) is 25.3 Å². The SMILES string of the molecule is O=C(NC1CCCN(Cc2cccc(O)c2)C1)c1ccc(Cl)cn1. The van der Waals surface area contributed by atoms with Crippen molar-refractivity contribution < 1.29 is 9.90 Å². The van der Waals surface area contributed by atoms with Crippen LogP contribution in [-0.2, 0) is 6.54 Å². The molecule has 2 aromatic rings. The lowest BCUT2D eigenvalue weighted by molar-refractivity contribution is 0.0896. The van der Waals surface area contributed by atoms with E-state index in [1.807, 2.05) is 12.1 Å². The molecule has 1 amide bonds. The number of aromatic nitrogens is 1. The van der Waals surface area contributed by atoms with Gasteiger partial charge in [-0.15, -0.1) is 0 Å². The van der Waals surface area contributed by atoms with Gasteiger partial charge >= 0.3 is 0 Å².